The Morgan fingerprint density at radius 2 is 1.88 bits per heavy atom. The fourth-order valence-corrected chi connectivity index (χ4v) is 0.452. The quantitative estimate of drug-likeness (QED) is 0.501. The van der Waals surface area contributed by atoms with Gasteiger partial charge in [-0.3, -0.25) is 0 Å². The highest BCUT2D eigenvalue weighted by molar-refractivity contribution is 4.81. The van der Waals surface area contributed by atoms with Crippen molar-refractivity contribution in [3.63, 3.8) is 0 Å². The van der Waals surface area contributed by atoms with Gasteiger partial charge in [-0.1, -0.05) is 19.1 Å². The molecule has 0 aliphatic carbocycles. The van der Waals surface area contributed by atoms with Crippen LogP contribution in [0.2, 0.25) is 0 Å². The summed E-state index contributed by atoms with van der Waals surface area (Å²) in [6.45, 7) is 3.21. The molecule has 0 rings (SSSR count). The van der Waals surface area contributed by atoms with Gasteiger partial charge in [0.2, 0.25) is 0 Å². The molecule has 0 bridgehead atoms. The normalized spacial score (nSPS) is 11.5. The molecule has 0 aromatic carbocycles. The molecule has 0 saturated heterocycles. The minimum atomic E-state index is 1.06. The minimum Gasteiger partial charge on any atom is -0.306 e. The Morgan fingerprint density at radius 1 is 1.25 bits per heavy atom. The van der Waals surface area contributed by atoms with Gasteiger partial charge < -0.3 is 4.90 Å². The van der Waals surface area contributed by atoms with E-state index in [9.17, 15) is 0 Å². The maximum atomic E-state index is 2.18. The van der Waals surface area contributed by atoms with E-state index < -0.39 is 0 Å². The van der Waals surface area contributed by atoms with Crippen molar-refractivity contribution in [3.8, 4) is 0 Å². The molecule has 0 aromatic rings. The topological polar surface area (TPSA) is 3.24 Å². The molecule has 1 nitrogen and oxygen atoms in total. The van der Waals surface area contributed by atoms with Gasteiger partial charge in [-0.25, -0.2) is 0 Å². The lowest BCUT2D eigenvalue weighted by Gasteiger charge is -2.02. The summed E-state index contributed by atoms with van der Waals surface area (Å²) in [5, 5.41) is 0. The van der Waals surface area contributed by atoms with Crippen molar-refractivity contribution in [3.05, 3.63) is 12.2 Å². The number of rotatable bonds is 3. The minimum absolute atomic E-state index is 1.06. The van der Waals surface area contributed by atoms with E-state index in [0.29, 0.717) is 0 Å². The van der Waals surface area contributed by atoms with Crippen LogP contribution in [0, 0.1) is 0 Å². The SMILES string of the molecule is CC/C=C/CN(C)C. The van der Waals surface area contributed by atoms with Gasteiger partial charge in [-0.05, 0) is 20.5 Å². The third-order valence-corrected chi connectivity index (χ3v) is 0.873. The Hall–Kier alpha value is -0.300. The molecule has 0 spiro atoms. The zero-order valence-electron chi connectivity index (χ0n) is 6.02. The molecule has 0 aliphatic rings. The highest BCUT2D eigenvalue weighted by Crippen LogP contribution is 1.80. The van der Waals surface area contributed by atoms with Crippen molar-refractivity contribution < 1.29 is 0 Å². The largest absolute Gasteiger partial charge is 0.306 e. The highest BCUT2D eigenvalue weighted by Gasteiger charge is 1.78. The monoisotopic (exact) mass is 113 g/mol. The third kappa shape index (κ3) is 5.70. The molecular weight excluding hydrogens is 98.1 g/mol. The molecule has 0 aliphatic heterocycles. The van der Waals surface area contributed by atoms with Crippen LogP contribution in [0.4, 0.5) is 0 Å². The third-order valence-electron chi connectivity index (χ3n) is 0.873. The smallest absolute Gasteiger partial charge is 0.0157 e. The van der Waals surface area contributed by atoms with Crippen LogP contribution in [-0.2, 0) is 0 Å². The summed E-state index contributed by atoms with van der Waals surface area (Å²) in [7, 11) is 4.14. The first-order valence-corrected chi connectivity index (χ1v) is 3.07. The van der Waals surface area contributed by atoms with Gasteiger partial charge in [0.15, 0.2) is 0 Å². The maximum absolute atomic E-state index is 2.18. The lowest BCUT2D eigenvalue weighted by atomic mass is 10.4. The molecule has 48 valence electrons. The fourth-order valence-electron chi connectivity index (χ4n) is 0.452. The van der Waals surface area contributed by atoms with Gasteiger partial charge in [-0.2, -0.15) is 0 Å². The Labute approximate surface area is 52.0 Å². The van der Waals surface area contributed by atoms with Gasteiger partial charge in [-0.15, -0.1) is 0 Å². The van der Waals surface area contributed by atoms with E-state index in [1.165, 1.54) is 0 Å². The molecule has 0 saturated carbocycles. The predicted octanol–water partition coefficient (Wildman–Crippen LogP) is 1.51. The molecule has 8 heavy (non-hydrogen) atoms. The van der Waals surface area contributed by atoms with Crippen molar-refractivity contribution >= 4 is 0 Å². The van der Waals surface area contributed by atoms with Crippen molar-refractivity contribution in [2.45, 2.75) is 13.3 Å². The second-order valence-electron chi connectivity index (χ2n) is 2.14. The Bertz CT molecular complexity index is 64.8. The van der Waals surface area contributed by atoms with E-state index in [4.69, 9.17) is 0 Å². The van der Waals surface area contributed by atoms with Gasteiger partial charge in [0, 0.05) is 6.54 Å². The van der Waals surface area contributed by atoms with Gasteiger partial charge in [0.05, 0.1) is 0 Å². The van der Waals surface area contributed by atoms with E-state index in [1.807, 2.05) is 0 Å². The molecule has 0 aromatic heterocycles. The molecule has 0 heterocycles. The number of likely N-dealkylation sites (N-methyl/N-ethyl adjacent to an activating group) is 1. The van der Waals surface area contributed by atoms with E-state index in [1.54, 1.807) is 0 Å². The summed E-state index contributed by atoms with van der Waals surface area (Å²) in [4.78, 5) is 2.14. The lowest BCUT2D eigenvalue weighted by molar-refractivity contribution is 0.456. The summed E-state index contributed by atoms with van der Waals surface area (Å²) in [5.74, 6) is 0. The van der Waals surface area contributed by atoms with Gasteiger partial charge in [0.1, 0.15) is 0 Å². The lowest BCUT2D eigenvalue weighted by Crippen LogP contribution is -2.10. The predicted molar refractivity (Wildman–Crippen MR) is 38.0 cm³/mol. The summed E-state index contributed by atoms with van der Waals surface area (Å²) in [6, 6.07) is 0. The number of hydrogen-bond donors (Lipinski definition) is 0. The van der Waals surface area contributed by atoms with Crippen LogP contribution in [0.1, 0.15) is 13.3 Å². The molecule has 0 fully saturated rings. The summed E-state index contributed by atoms with van der Waals surface area (Å²) in [5.41, 5.74) is 0. The average molecular weight is 113 g/mol. The van der Waals surface area contributed by atoms with E-state index in [-0.39, 0.29) is 0 Å². The Morgan fingerprint density at radius 3 is 2.25 bits per heavy atom. The maximum Gasteiger partial charge on any atom is 0.0157 e. The molecule has 0 amide bonds. The first-order chi connectivity index (χ1) is 3.77. The zero-order chi connectivity index (χ0) is 6.41. The second-order valence-corrected chi connectivity index (χ2v) is 2.14. The first kappa shape index (κ1) is 7.70. The summed E-state index contributed by atoms with van der Waals surface area (Å²) < 4.78 is 0. The van der Waals surface area contributed by atoms with Crippen molar-refractivity contribution in [1.29, 1.82) is 0 Å². The Balaban J connectivity index is 3.03. The highest BCUT2D eigenvalue weighted by atomic mass is 15.0. The van der Waals surface area contributed by atoms with Crippen molar-refractivity contribution in [1.82, 2.24) is 4.90 Å². The molecule has 0 N–H and O–H groups in total. The Kier molecular flexibility index (Phi) is 4.67. The molecule has 0 unspecified atom stereocenters. The standard InChI is InChI=1S/C7H15N/c1-4-5-6-7-8(2)3/h5-6H,4,7H2,1-3H3/b6-5+. The summed E-state index contributed by atoms with van der Waals surface area (Å²) >= 11 is 0. The fraction of sp³-hybridized carbons (Fsp3) is 0.714. The van der Waals surface area contributed by atoms with Crippen LogP contribution in [0.25, 0.3) is 0 Å². The van der Waals surface area contributed by atoms with Crippen LogP contribution in [0.5, 0.6) is 0 Å². The van der Waals surface area contributed by atoms with Crippen LogP contribution in [-0.4, -0.2) is 25.5 Å². The first-order valence-electron chi connectivity index (χ1n) is 3.07. The molecule has 1 heteroatoms. The van der Waals surface area contributed by atoms with E-state index in [2.05, 4.69) is 38.1 Å². The van der Waals surface area contributed by atoms with Crippen LogP contribution < -0.4 is 0 Å². The van der Waals surface area contributed by atoms with Crippen LogP contribution in [0.3, 0.4) is 0 Å². The second kappa shape index (κ2) is 4.85. The zero-order valence-corrected chi connectivity index (χ0v) is 6.02. The van der Waals surface area contributed by atoms with Gasteiger partial charge in [0.25, 0.3) is 0 Å². The van der Waals surface area contributed by atoms with Crippen molar-refractivity contribution in [2.75, 3.05) is 20.6 Å². The molecule has 0 atom stereocenters. The van der Waals surface area contributed by atoms with Crippen LogP contribution >= 0.6 is 0 Å². The molecule has 0 radical (unpaired) electrons. The van der Waals surface area contributed by atoms with E-state index in [0.717, 1.165) is 13.0 Å². The van der Waals surface area contributed by atoms with E-state index >= 15 is 0 Å². The van der Waals surface area contributed by atoms with Gasteiger partial charge >= 0.3 is 0 Å². The number of nitrogens with zero attached hydrogens (tertiary/aromatic N) is 1. The van der Waals surface area contributed by atoms with Crippen LogP contribution in [0.15, 0.2) is 12.2 Å². The molecular formula is C7H15N. The average Bonchev–Trinajstić information content (AvgIpc) is 1.66. The number of allylic oxidation sites excluding steroid dienone is 1. The van der Waals surface area contributed by atoms with Crippen molar-refractivity contribution in [2.24, 2.45) is 0 Å². The number of hydrogen-bond acceptors (Lipinski definition) is 1. The summed E-state index contributed by atoms with van der Waals surface area (Å²) in [6.07, 6.45) is 5.51.